The molecular formula is C28H33N2O3+. The van der Waals surface area contributed by atoms with Crippen LogP contribution in [0.3, 0.4) is 0 Å². The fourth-order valence-corrected chi connectivity index (χ4v) is 5.44. The van der Waals surface area contributed by atoms with Crippen LogP contribution < -0.4 is 9.22 Å². The average molecular weight is 446 g/mol. The predicted octanol–water partition coefficient (Wildman–Crippen LogP) is 5.88. The number of quaternary nitrogens is 1. The van der Waals surface area contributed by atoms with E-state index in [1.54, 1.807) is 18.2 Å². The molecule has 0 spiro atoms. The third-order valence-corrected chi connectivity index (χ3v) is 7.11. The van der Waals surface area contributed by atoms with Crippen LogP contribution in [0.2, 0.25) is 0 Å². The molecule has 5 heteroatoms. The predicted molar refractivity (Wildman–Crippen MR) is 133 cm³/mol. The summed E-state index contributed by atoms with van der Waals surface area (Å²) in [6.07, 6.45) is 5.89. The minimum Gasteiger partial charge on any atom is -0.508 e. The van der Waals surface area contributed by atoms with Crippen LogP contribution >= 0.6 is 0 Å². The maximum atomic E-state index is 10.1. The molecular weight excluding hydrogens is 412 g/mol. The summed E-state index contributed by atoms with van der Waals surface area (Å²) >= 11 is 0. The van der Waals surface area contributed by atoms with E-state index in [-0.39, 0.29) is 5.75 Å². The molecule has 0 aliphatic carbocycles. The number of benzene rings is 3. The molecule has 1 atom stereocenters. The van der Waals surface area contributed by atoms with E-state index in [1.807, 2.05) is 24.3 Å². The Bertz CT molecular complexity index is 1080. The lowest BCUT2D eigenvalue weighted by atomic mass is 9.95. The quantitative estimate of drug-likeness (QED) is 0.465. The molecule has 5 rings (SSSR count). The molecule has 2 aliphatic rings. The summed E-state index contributed by atoms with van der Waals surface area (Å²) in [6.45, 7) is 4.97. The van der Waals surface area contributed by atoms with Gasteiger partial charge in [-0.05, 0) is 68.8 Å². The highest BCUT2D eigenvalue weighted by atomic mass is 16.5. The van der Waals surface area contributed by atoms with Gasteiger partial charge in [-0.1, -0.05) is 6.42 Å². The molecule has 5 nitrogen and oxygen atoms in total. The molecule has 3 aromatic carbocycles. The SMILES string of the molecule is Oc1ccc([N+]2(c3ccc(OCCN4CCCCC4)cc3)CCCc3cc(O)ccc32)cc1. The summed E-state index contributed by atoms with van der Waals surface area (Å²) in [5.74, 6) is 1.46. The number of rotatable bonds is 6. The van der Waals surface area contributed by atoms with Gasteiger partial charge in [0.1, 0.15) is 40.9 Å². The molecule has 172 valence electrons. The number of fused-ring (bicyclic) bond motifs is 1. The number of phenols is 2. The second kappa shape index (κ2) is 9.46. The van der Waals surface area contributed by atoms with Crippen LogP contribution in [-0.2, 0) is 6.42 Å². The van der Waals surface area contributed by atoms with Crippen LogP contribution in [0.1, 0.15) is 31.2 Å². The standard InChI is InChI=1S/C28H32N2O3/c31-25-10-6-23(7-11-25)30(19-4-5-22-21-26(32)12-15-28(22)30)24-8-13-27(14-9-24)33-20-18-29-16-2-1-3-17-29/h6-15,21H,1-5,16-20H2,(H-,31,32)/p+1. The van der Waals surface area contributed by atoms with Gasteiger partial charge in [0.2, 0.25) is 0 Å². The number of phenolic OH excluding ortho intramolecular Hbond substituents is 2. The lowest BCUT2D eigenvalue weighted by molar-refractivity contribution is 0.183. The Morgan fingerprint density at radius 3 is 2.15 bits per heavy atom. The summed E-state index contributed by atoms with van der Waals surface area (Å²) in [4.78, 5) is 2.49. The van der Waals surface area contributed by atoms with Crippen molar-refractivity contribution >= 4 is 17.1 Å². The largest absolute Gasteiger partial charge is 0.508 e. The number of nitrogens with zero attached hydrogens (tertiary/aromatic N) is 2. The third kappa shape index (κ3) is 4.43. The Morgan fingerprint density at radius 2 is 1.42 bits per heavy atom. The van der Waals surface area contributed by atoms with Gasteiger partial charge in [0.05, 0.1) is 6.54 Å². The number of aryl methyl sites for hydroxylation is 1. The van der Waals surface area contributed by atoms with E-state index >= 15 is 0 Å². The molecule has 0 bridgehead atoms. The Balaban J connectivity index is 1.44. The molecule has 33 heavy (non-hydrogen) atoms. The molecule has 3 aromatic rings. The lowest BCUT2D eigenvalue weighted by Gasteiger charge is -2.41. The van der Waals surface area contributed by atoms with Crippen LogP contribution in [0, 0.1) is 0 Å². The van der Waals surface area contributed by atoms with Gasteiger partial charge in [-0.2, -0.15) is 0 Å². The second-order valence-electron chi connectivity index (χ2n) is 9.21. The highest BCUT2D eigenvalue weighted by Gasteiger charge is 2.40. The van der Waals surface area contributed by atoms with Crippen molar-refractivity contribution in [3.63, 3.8) is 0 Å². The Kier molecular flexibility index (Phi) is 6.25. The van der Waals surface area contributed by atoms with E-state index in [0.717, 1.165) is 48.6 Å². The summed E-state index contributed by atoms with van der Waals surface area (Å²) in [5, 5.41) is 20.0. The minimum atomic E-state index is 0.261. The first-order valence-corrected chi connectivity index (χ1v) is 12.1. The summed E-state index contributed by atoms with van der Waals surface area (Å²) < 4.78 is 6.64. The summed E-state index contributed by atoms with van der Waals surface area (Å²) in [6, 6.07) is 21.7. The fourth-order valence-electron chi connectivity index (χ4n) is 5.44. The first-order valence-electron chi connectivity index (χ1n) is 12.1. The molecule has 1 saturated heterocycles. The molecule has 0 amide bonds. The zero-order valence-electron chi connectivity index (χ0n) is 19.1. The van der Waals surface area contributed by atoms with Gasteiger partial charge >= 0.3 is 0 Å². The number of piperidine rings is 1. The zero-order chi connectivity index (χ0) is 22.7. The van der Waals surface area contributed by atoms with Gasteiger partial charge < -0.3 is 14.9 Å². The van der Waals surface area contributed by atoms with Crippen molar-refractivity contribution in [2.75, 3.05) is 32.8 Å². The number of likely N-dealkylation sites (tertiary alicyclic amines) is 1. The van der Waals surface area contributed by atoms with Crippen molar-refractivity contribution in [2.24, 2.45) is 0 Å². The van der Waals surface area contributed by atoms with Gasteiger partial charge in [-0.15, -0.1) is 0 Å². The third-order valence-electron chi connectivity index (χ3n) is 7.11. The zero-order valence-corrected chi connectivity index (χ0v) is 19.1. The maximum Gasteiger partial charge on any atom is 0.146 e. The van der Waals surface area contributed by atoms with Gasteiger partial charge in [0.25, 0.3) is 0 Å². The smallest absolute Gasteiger partial charge is 0.146 e. The molecule has 2 heterocycles. The van der Waals surface area contributed by atoms with E-state index in [0.29, 0.717) is 16.8 Å². The van der Waals surface area contributed by atoms with Crippen LogP contribution in [0.4, 0.5) is 17.1 Å². The fraction of sp³-hybridized carbons (Fsp3) is 0.357. The van der Waals surface area contributed by atoms with Gasteiger partial charge in [-0.25, -0.2) is 4.48 Å². The van der Waals surface area contributed by atoms with E-state index in [2.05, 4.69) is 29.2 Å². The van der Waals surface area contributed by atoms with E-state index in [4.69, 9.17) is 4.74 Å². The molecule has 0 radical (unpaired) electrons. The van der Waals surface area contributed by atoms with Crippen LogP contribution in [0.25, 0.3) is 0 Å². The molecule has 1 unspecified atom stereocenters. The van der Waals surface area contributed by atoms with Crippen LogP contribution in [0.15, 0.2) is 66.7 Å². The maximum absolute atomic E-state index is 10.1. The summed E-state index contributed by atoms with van der Waals surface area (Å²) in [7, 11) is 0. The summed E-state index contributed by atoms with van der Waals surface area (Å²) in [5.41, 5.74) is 4.58. The van der Waals surface area contributed by atoms with Crippen molar-refractivity contribution in [3.8, 4) is 17.2 Å². The van der Waals surface area contributed by atoms with E-state index in [9.17, 15) is 10.2 Å². The van der Waals surface area contributed by atoms with Crippen molar-refractivity contribution in [1.29, 1.82) is 0 Å². The van der Waals surface area contributed by atoms with E-state index in [1.165, 1.54) is 38.0 Å². The monoisotopic (exact) mass is 445 g/mol. The minimum absolute atomic E-state index is 0.261. The van der Waals surface area contributed by atoms with Gasteiger partial charge in [0.15, 0.2) is 0 Å². The van der Waals surface area contributed by atoms with Crippen molar-refractivity contribution in [2.45, 2.75) is 32.1 Å². The number of hydrogen-bond acceptors (Lipinski definition) is 4. The highest BCUT2D eigenvalue weighted by molar-refractivity contribution is 5.75. The van der Waals surface area contributed by atoms with Gasteiger partial charge in [0, 0.05) is 48.9 Å². The molecule has 0 aromatic heterocycles. The number of hydrogen-bond donors (Lipinski definition) is 2. The lowest BCUT2D eigenvalue weighted by Crippen LogP contribution is -2.43. The first-order chi connectivity index (χ1) is 16.1. The number of ether oxygens (including phenoxy) is 1. The Labute approximate surface area is 196 Å². The molecule has 2 N–H and O–H groups in total. The van der Waals surface area contributed by atoms with E-state index < -0.39 is 0 Å². The van der Waals surface area contributed by atoms with Crippen LogP contribution in [-0.4, -0.2) is 47.9 Å². The Morgan fingerprint density at radius 1 is 0.758 bits per heavy atom. The second-order valence-corrected chi connectivity index (χ2v) is 9.21. The average Bonchev–Trinajstić information content (AvgIpc) is 2.85. The van der Waals surface area contributed by atoms with Crippen molar-refractivity contribution in [1.82, 2.24) is 9.38 Å². The normalized spacial score (nSPS) is 20.8. The van der Waals surface area contributed by atoms with Gasteiger partial charge in [-0.3, -0.25) is 4.90 Å². The first kappa shape index (κ1) is 21.8. The van der Waals surface area contributed by atoms with Crippen molar-refractivity contribution < 1.29 is 14.9 Å². The Hall–Kier alpha value is -3.02. The highest BCUT2D eigenvalue weighted by Crippen LogP contribution is 2.49. The van der Waals surface area contributed by atoms with Crippen LogP contribution in [0.5, 0.6) is 17.2 Å². The molecule has 1 fully saturated rings. The topological polar surface area (TPSA) is 52.9 Å². The number of aromatic hydroxyl groups is 2. The molecule has 0 saturated carbocycles. The van der Waals surface area contributed by atoms with Crippen molar-refractivity contribution in [3.05, 3.63) is 72.3 Å². The molecule has 2 aliphatic heterocycles.